The Hall–Kier alpha value is -3.19. The normalized spacial score (nSPS) is 10.4. The number of nitrogens with zero attached hydrogens (tertiary/aromatic N) is 2. The van der Waals surface area contributed by atoms with Gasteiger partial charge in [-0.1, -0.05) is 31.2 Å². The number of methoxy groups -OCH3 is 1. The van der Waals surface area contributed by atoms with Gasteiger partial charge in [0.15, 0.2) is 5.13 Å². The third-order valence-electron chi connectivity index (χ3n) is 4.33. The lowest BCUT2D eigenvalue weighted by atomic mass is 10.1. The first-order chi connectivity index (χ1) is 14.0. The fraction of sp³-hybridized carbons (Fsp3) is 0.227. The molecule has 2 aromatic carbocycles. The molecule has 0 bridgehead atoms. The van der Waals surface area contributed by atoms with Gasteiger partial charge in [0.1, 0.15) is 17.9 Å². The lowest BCUT2D eigenvalue weighted by Gasteiger charge is -2.18. The van der Waals surface area contributed by atoms with Crippen molar-refractivity contribution in [3.8, 4) is 5.75 Å². The van der Waals surface area contributed by atoms with Crippen molar-refractivity contribution in [3.05, 3.63) is 70.7 Å². The number of carbonyl (C=O) groups excluding carboxylic acids is 2. The quantitative estimate of drug-likeness (QED) is 0.526. The molecule has 29 heavy (non-hydrogen) atoms. The maximum absolute atomic E-state index is 12.3. The largest absolute Gasteiger partial charge is 0.496 e. The van der Waals surface area contributed by atoms with Crippen molar-refractivity contribution in [2.24, 2.45) is 0 Å². The van der Waals surface area contributed by atoms with E-state index in [2.05, 4.69) is 11.9 Å². The fourth-order valence-electron chi connectivity index (χ4n) is 2.80. The van der Waals surface area contributed by atoms with Gasteiger partial charge in [0.05, 0.1) is 18.5 Å². The van der Waals surface area contributed by atoms with Crippen molar-refractivity contribution >= 4 is 34.0 Å². The SMILES string of the molecule is CCc1ccc(N(C(C)=O)c2nc(COC(=O)c3ccccc3OC)cs2)cc1. The first-order valence-corrected chi connectivity index (χ1v) is 10.1. The summed E-state index contributed by atoms with van der Waals surface area (Å²) in [5.41, 5.74) is 2.87. The van der Waals surface area contributed by atoms with E-state index in [1.807, 2.05) is 24.3 Å². The monoisotopic (exact) mass is 410 g/mol. The standard InChI is InChI=1S/C22H22N2O4S/c1-4-16-9-11-18(12-10-16)24(15(2)25)22-23-17(14-29-22)13-28-21(26)19-7-5-6-8-20(19)27-3/h5-12,14H,4,13H2,1-3H3. The molecule has 0 unspecified atom stereocenters. The molecule has 0 aliphatic heterocycles. The van der Waals surface area contributed by atoms with Crippen molar-refractivity contribution in [1.82, 2.24) is 4.98 Å². The number of benzene rings is 2. The highest BCUT2D eigenvalue weighted by molar-refractivity contribution is 7.14. The first kappa shape index (κ1) is 20.5. The van der Waals surface area contributed by atoms with Gasteiger partial charge in [0.2, 0.25) is 5.91 Å². The number of para-hydroxylation sites is 1. The van der Waals surface area contributed by atoms with Gasteiger partial charge in [-0.25, -0.2) is 9.78 Å². The lowest BCUT2D eigenvalue weighted by Crippen LogP contribution is -2.22. The van der Waals surface area contributed by atoms with Crippen LogP contribution in [0.2, 0.25) is 0 Å². The van der Waals surface area contributed by atoms with Crippen LogP contribution in [0.1, 0.15) is 35.5 Å². The number of carbonyl (C=O) groups is 2. The average molecular weight is 410 g/mol. The second-order valence-corrected chi connectivity index (χ2v) is 7.11. The zero-order valence-corrected chi connectivity index (χ0v) is 17.4. The molecule has 6 nitrogen and oxygen atoms in total. The van der Waals surface area contributed by atoms with E-state index in [4.69, 9.17) is 9.47 Å². The van der Waals surface area contributed by atoms with Crippen LogP contribution in [-0.4, -0.2) is 24.0 Å². The Morgan fingerprint density at radius 3 is 2.48 bits per heavy atom. The summed E-state index contributed by atoms with van der Waals surface area (Å²) in [6, 6.07) is 14.7. The number of ether oxygens (including phenoxy) is 2. The number of rotatable bonds is 7. The molecular weight excluding hydrogens is 388 g/mol. The number of esters is 1. The lowest BCUT2D eigenvalue weighted by molar-refractivity contribution is -0.115. The number of amides is 1. The molecule has 0 aliphatic rings. The highest BCUT2D eigenvalue weighted by atomic mass is 32.1. The molecule has 0 atom stereocenters. The van der Waals surface area contributed by atoms with Crippen LogP contribution in [-0.2, 0) is 22.6 Å². The van der Waals surface area contributed by atoms with Gasteiger partial charge in [0.25, 0.3) is 0 Å². The third kappa shape index (κ3) is 4.81. The van der Waals surface area contributed by atoms with Crippen molar-refractivity contribution in [1.29, 1.82) is 0 Å². The summed E-state index contributed by atoms with van der Waals surface area (Å²) in [7, 11) is 1.50. The molecule has 150 valence electrons. The zero-order valence-electron chi connectivity index (χ0n) is 16.5. The van der Waals surface area contributed by atoms with Gasteiger partial charge in [-0.15, -0.1) is 11.3 Å². The highest BCUT2D eigenvalue weighted by Crippen LogP contribution is 2.29. The van der Waals surface area contributed by atoms with Gasteiger partial charge >= 0.3 is 5.97 Å². The Morgan fingerprint density at radius 1 is 1.10 bits per heavy atom. The van der Waals surface area contributed by atoms with E-state index < -0.39 is 5.97 Å². The van der Waals surface area contributed by atoms with Crippen molar-refractivity contribution in [3.63, 3.8) is 0 Å². The van der Waals surface area contributed by atoms with E-state index in [1.54, 1.807) is 34.5 Å². The van der Waals surface area contributed by atoms with Crippen molar-refractivity contribution < 1.29 is 19.1 Å². The Morgan fingerprint density at radius 2 is 1.83 bits per heavy atom. The zero-order chi connectivity index (χ0) is 20.8. The van der Waals surface area contributed by atoms with Gasteiger partial charge in [-0.3, -0.25) is 9.69 Å². The smallest absolute Gasteiger partial charge is 0.342 e. The highest BCUT2D eigenvalue weighted by Gasteiger charge is 2.19. The van der Waals surface area contributed by atoms with Crippen LogP contribution in [0.15, 0.2) is 53.9 Å². The molecule has 0 spiro atoms. The number of aryl methyl sites for hydroxylation is 1. The Bertz CT molecular complexity index is 998. The summed E-state index contributed by atoms with van der Waals surface area (Å²) in [4.78, 5) is 30.6. The summed E-state index contributed by atoms with van der Waals surface area (Å²) < 4.78 is 10.6. The molecular formula is C22H22N2O4S. The minimum Gasteiger partial charge on any atom is -0.496 e. The van der Waals surface area contributed by atoms with E-state index in [0.717, 1.165) is 12.1 Å². The second-order valence-electron chi connectivity index (χ2n) is 6.27. The van der Waals surface area contributed by atoms with Crippen LogP contribution < -0.4 is 9.64 Å². The van der Waals surface area contributed by atoms with Crippen molar-refractivity contribution in [2.45, 2.75) is 26.9 Å². The molecule has 0 saturated heterocycles. The Labute approximate surface area is 173 Å². The maximum atomic E-state index is 12.3. The van der Waals surface area contributed by atoms with E-state index in [1.165, 1.54) is 30.9 Å². The topological polar surface area (TPSA) is 68.7 Å². The molecule has 0 N–H and O–H groups in total. The third-order valence-corrected chi connectivity index (χ3v) is 5.20. The molecule has 0 aliphatic carbocycles. The number of aromatic nitrogens is 1. The Balaban J connectivity index is 1.73. The van der Waals surface area contributed by atoms with Crippen molar-refractivity contribution in [2.75, 3.05) is 12.0 Å². The summed E-state index contributed by atoms with van der Waals surface area (Å²) in [5, 5.41) is 2.31. The molecule has 1 amide bonds. The van der Waals surface area contributed by atoms with Gasteiger partial charge in [0, 0.05) is 12.3 Å². The van der Waals surface area contributed by atoms with Crippen LogP contribution >= 0.6 is 11.3 Å². The number of anilines is 2. The van der Waals surface area contributed by atoms with Crippen LogP contribution in [0, 0.1) is 0 Å². The minimum atomic E-state index is -0.490. The van der Waals surface area contributed by atoms with E-state index >= 15 is 0 Å². The predicted octanol–water partition coefficient (Wildman–Crippen LogP) is 4.76. The van der Waals surface area contributed by atoms with Crippen LogP contribution in [0.5, 0.6) is 5.75 Å². The molecule has 1 heterocycles. The van der Waals surface area contributed by atoms with E-state index in [9.17, 15) is 9.59 Å². The summed E-state index contributed by atoms with van der Waals surface area (Å²) >= 11 is 1.32. The van der Waals surface area contributed by atoms with Crippen LogP contribution in [0.3, 0.4) is 0 Å². The number of hydrogen-bond acceptors (Lipinski definition) is 6. The van der Waals surface area contributed by atoms with E-state index in [-0.39, 0.29) is 12.5 Å². The van der Waals surface area contributed by atoms with Crippen LogP contribution in [0.25, 0.3) is 0 Å². The molecule has 0 radical (unpaired) electrons. The summed E-state index contributed by atoms with van der Waals surface area (Å²) in [5.74, 6) is -0.175. The average Bonchev–Trinajstić information content (AvgIpc) is 3.20. The van der Waals surface area contributed by atoms with Crippen LogP contribution in [0.4, 0.5) is 10.8 Å². The first-order valence-electron chi connectivity index (χ1n) is 9.17. The fourth-order valence-corrected chi connectivity index (χ4v) is 3.67. The molecule has 7 heteroatoms. The molecule has 0 fully saturated rings. The Kier molecular flexibility index (Phi) is 6.61. The minimum absolute atomic E-state index is 0.00784. The summed E-state index contributed by atoms with van der Waals surface area (Å²) in [6.45, 7) is 3.58. The predicted molar refractivity (Wildman–Crippen MR) is 113 cm³/mol. The van der Waals surface area contributed by atoms with E-state index in [0.29, 0.717) is 22.1 Å². The molecule has 3 aromatic rings. The van der Waals surface area contributed by atoms with Gasteiger partial charge < -0.3 is 9.47 Å². The molecule has 3 rings (SSSR count). The second kappa shape index (κ2) is 9.34. The summed E-state index contributed by atoms with van der Waals surface area (Å²) in [6.07, 6.45) is 0.930. The number of hydrogen-bond donors (Lipinski definition) is 0. The molecule has 1 aromatic heterocycles. The van der Waals surface area contributed by atoms with Gasteiger partial charge in [-0.2, -0.15) is 0 Å². The molecule has 0 saturated carbocycles. The maximum Gasteiger partial charge on any atom is 0.342 e. The number of thiazole rings is 1. The van der Waals surface area contributed by atoms with Gasteiger partial charge in [-0.05, 0) is 36.2 Å².